The number of H-pyrrole nitrogens is 2. The zero-order chi connectivity index (χ0) is 29.2. The van der Waals surface area contributed by atoms with Crippen molar-refractivity contribution in [3.63, 3.8) is 0 Å². The lowest BCUT2D eigenvalue weighted by Gasteiger charge is -1.96. The normalized spacial score (nSPS) is 13.6. The summed E-state index contributed by atoms with van der Waals surface area (Å²) in [7, 11) is 0. The van der Waals surface area contributed by atoms with E-state index in [1.165, 1.54) is 25.7 Å². The molecule has 216 valence electrons. The molecule has 0 saturated heterocycles. The molecule has 5 heterocycles. The molecular formula is C28H33BrN8O2S2. The minimum Gasteiger partial charge on any atom is -0.397 e. The Labute approximate surface area is 255 Å². The fraction of sp³-hybridized carbons (Fsp3) is 0.321. The van der Waals surface area contributed by atoms with Gasteiger partial charge in [0.1, 0.15) is 11.3 Å². The summed E-state index contributed by atoms with van der Waals surface area (Å²) in [5, 5.41) is 19.8. The highest BCUT2D eigenvalue weighted by molar-refractivity contribution is 9.09. The van der Waals surface area contributed by atoms with Crippen molar-refractivity contribution in [2.45, 2.75) is 44.7 Å². The first-order valence-electron chi connectivity index (χ1n) is 13.3. The van der Waals surface area contributed by atoms with E-state index in [1.54, 1.807) is 36.9 Å². The van der Waals surface area contributed by atoms with Crippen molar-refractivity contribution < 1.29 is 9.90 Å². The van der Waals surface area contributed by atoms with Gasteiger partial charge < -0.3 is 31.4 Å². The van der Waals surface area contributed by atoms with E-state index in [4.69, 9.17) is 10.8 Å². The number of halogens is 1. The van der Waals surface area contributed by atoms with Gasteiger partial charge in [0.15, 0.2) is 16.0 Å². The van der Waals surface area contributed by atoms with Crippen LogP contribution in [0, 0.1) is 0 Å². The predicted molar refractivity (Wildman–Crippen MR) is 174 cm³/mol. The molecule has 0 aromatic carbocycles. The number of aliphatic hydroxyl groups is 1. The molecule has 5 aromatic heterocycles. The van der Waals surface area contributed by atoms with Crippen LogP contribution in [-0.2, 0) is 0 Å². The Balaban J connectivity index is 0.000000147. The number of carbonyl (C=O) groups is 1. The minimum absolute atomic E-state index is 0.0688. The Morgan fingerprint density at radius 1 is 1.10 bits per heavy atom. The van der Waals surface area contributed by atoms with E-state index in [0.29, 0.717) is 28.1 Å². The standard InChI is InChI=1S/C13H12N4S.C9H7BrN2O.C4H8N2S.C2H6O/c1-2-9-10(6-15-12(9)14-5-1)11-7-18-13(17-11)16-8-3-4-8;10-4-8(13)7-5-12-9-6(7)2-1-3-11-9;5-4(7)6-3-1-2-3;1-2-3/h1-2,5-8H,3-4H2,(H,14,15)(H,16,17);1-3,5H,4H2,(H,11,12);3H,1-2H2,(H3,5,6,7);3H,2H2,1H3. The van der Waals surface area contributed by atoms with Crippen LogP contribution in [0.1, 0.15) is 43.0 Å². The maximum absolute atomic E-state index is 11.4. The molecule has 2 aliphatic rings. The number of aliphatic hydroxyl groups excluding tert-OH is 1. The number of hydrogen-bond donors (Lipinski definition) is 6. The van der Waals surface area contributed by atoms with E-state index in [2.05, 4.69) is 75.1 Å². The maximum Gasteiger partial charge on any atom is 0.183 e. The Morgan fingerprint density at radius 2 is 1.71 bits per heavy atom. The van der Waals surface area contributed by atoms with E-state index in [1.807, 2.05) is 24.4 Å². The summed E-state index contributed by atoms with van der Waals surface area (Å²) in [4.78, 5) is 30.6. The van der Waals surface area contributed by atoms with Crippen molar-refractivity contribution in [3.05, 3.63) is 60.0 Å². The number of fused-ring (bicyclic) bond motifs is 2. The van der Waals surface area contributed by atoms with Crippen LogP contribution in [0.25, 0.3) is 33.3 Å². The Hall–Kier alpha value is -3.39. The van der Waals surface area contributed by atoms with Gasteiger partial charge in [0.2, 0.25) is 0 Å². The maximum atomic E-state index is 11.4. The molecule has 0 unspecified atom stereocenters. The average Bonchev–Trinajstić information content (AvgIpc) is 3.81. The van der Waals surface area contributed by atoms with Gasteiger partial charge >= 0.3 is 0 Å². The molecule has 10 nitrogen and oxygen atoms in total. The second-order valence-electron chi connectivity index (χ2n) is 9.32. The number of Topliss-reactive ketones (excluding diaryl/α,β-unsaturated/α-hetero) is 1. The molecular weight excluding hydrogens is 624 g/mol. The first kappa shape index (κ1) is 30.6. The van der Waals surface area contributed by atoms with Crippen molar-refractivity contribution >= 4 is 77.6 Å². The molecule has 13 heteroatoms. The van der Waals surface area contributed by atoms with Crippen LogP contribution in [0.3, 0.4) is 0 Å². The van der Waals surface area contributed by atoms with Crippen LogP contribution < -0.4 is 16.4 Å². The lowest BCUT2D eigenvalue weighted by atomic mass is 10.2. The number of nitrogens with two attached hydrogens (primary N) is 1. The predicted octanol–water partition coefficient (Wildman–Crippen LogP) is 5.38. The summed E-state index contributed by atoms with van der Waals surface area (Å²) in [6.45, 7) is 1.93. The van der Waals surface area contributed by atoms with E-state index in [0.717, 1.165) is 38.5 Å². The number of ketones is 1. The van der Waals surface area contributed by atoms with Gasteiger partial charge in [0.05, 0.1) is 11.0 Å². The quantitative estimate of drug-likeness (QED) is 0.0801. The van der Waals surface area contributed by atoms with Gasteiger partial charge in [0.25, 0.3) is 0 Å². The number of pyridine rings is 2. The number of carbonyl (C=O) groups excluding carboxylic acids is 1. The molecule has 7 N–H and O–H groups in total. The molecule has 2 aliphatic carbocycles. The highest BCUT2D eigenvalue weighted by Gasteiger charge is 2.22. The summed E-state index contributed by atoms with van der Waals surface area (Å²) in [5.74, 6) is 0.0688. The molecule has 7 rings (SSSR count). The fourth-order valence-corrected chi connectivity index (χ4v) is 4.98. The summed E-state index contributed by atoms with van der Waals surface area (Å²) in [6.07, 6.45) is 12.2. The topological polar surface area (TPSA) is 158 Å². The SMILES string of the molecule is CCO.NC(=S)NC1CC1.O=C(CBr)c1c[nH]c2ncccc12.c1cnc2[nH]cc(-c3csc(NC4CC4)n3)c2c1. The van der Waals surface area contributed by atoms with E-state index >= 15 is 0 Å². The molecule has 0 radical (unpaired) electrons. The number of aromatic nitrogens is 5. The van der Waals surface area contributed by atoms with E-state index in [-0.39, 0.29) is 12.4 Å². The van der Waals surface area contributed by atoms with Crippen molar-refractivity contribution in [2.24, 2.45) is 5.73 Å². The molecule has 41 heavy (non-hydrogen) atoms. The zero-order valence-electron chi connectivity index (χ0n) is 22.6. The smallest absolute Gasteiger partial charge is 0.183 e. The highest BCUT2D eigenvalue weighted by Crippen LogP contribution is 2.32. The van der Waals surface area contributed by atoms with Crippen LogP contribution in [0.2, 0.25) is 0 Å². The van der Waals surface area contributed by atoms with Crippen molar-refractivity contribution in [2.75, 3.05) is 17.3 Å². The lowest BCUT2D eigenvalue weighted by Crippen LogP contribution is -2.30. The minimum atomic E-state index is 0.0688. The summed E-state index contributed by atoms with van der Waals surface area (Å²) >= 11 is 9.38. The van der Waals surface area contributed by atoms with E-state index < -0.39 is 0 Å². The van der Waals surface area contributed by atoms with Crippen LogP contribution in [0.4, 0.5) is 5.13 Å². The second kappa shape index (κ2) is 15.0. The zero-order valence-corrected chi connectivity index (χ0v) is 25.8. The van der Waals surface area contributed by atoms with Crippen molar-refractivity contribution in [1.82, 2.24) is 30.2 Å². The molecule has 2 saturated carbocycles. The number of rotatable bonds is 6. The first-order chi connectivity index (χ1) is 19.9. The number of nitrogens with zero attached hydrogens (tertiary/aromatic N) is 3. The molecule has 0 amide bonds. The Morgan fingerprint density at radius 3 is 2.29 bits per heavy atom. The number of nitrogens with one attached hydrogen (secondary N) is 4. The molecule has 5 aromatic rings. The Kier molecular flexibility index (Phi) is 11.2. The van der Waals surface area contributed by atoms with Crippen LogP contribution >= 0.6 is 39.5 Å². The van der Waals surface area contributed by atoms with Crippen LogP contribution in [0.15, 0.2) is 54.4 Å². The van der Waals surface area contributed by atoms with Gasteiger partial charge in [0, 0.05) is 70.8 Å². The fourth-order valence-electron chi connectivity index (χ4n) is 3.72. The Bertz CT molecular complexity index is 1580. The summed E-state index contributed by atoms with van der Waals surface area (Å²) < 4.78 is 0. The third-order valence-electron chi connectivity index (χ3n) is 5.93. The van der Waals surface area contributed by atoms with Gasteiger partial charge in [-0.05, 0) is 69.1 Å². The number of hydrogen-bond acceptors (Lipinski definition) is 8. The average molecular weight is 658 g/mol. The van der Waals surface area contributed by atoms with Gasteiger partial charge in [-0.15, -0.1) is 11.3 Å². The molecule has 2 fully saturated rings. The van der Waals surface area contributed by atoms with Crippen molar-refractivity contribution in [3.8, 4) is 11.3 Å². The highest BCUT2D eigenvalue weighted by atomic mass is 79.9. The van der Waals surface area contributed by atoms with Crippen molar-refractivity contribution in [1.29, 1.82) is 0 Å². The number of thiazole rings is 1. The van der Waals surface area contributed by atoms with Gasteiger partial charge in [-0.2, -0.15) is 0 Å². The number of thiocarbonyl (C=S) groups is 1. The molecule has 0 atom stereocenters. The monoisotopic (exact) mass is 656 g/mol. The largest absolute Gasteiger partial charge is 0.397 e. The van der Waals surface area contributed by atoms with Crippen LogP contribution in [0.5, 0.6) is 0 Å². The third-order valence-corrected chi connectivity index (χ3v) is 7.33. The molecule has 0 spiro atoms. The van der Waals surface area contributed by atoms with Gasteiger partial charge in [-0.1, -0.05) is 15.9 Å². The summed E-state index contributed by atoms with van der Waals surface area (Å²) in [6, 6.07) is 8.98. The van der Waals surface area contributed by atoms with Gasteiger partial charge in [-0.25, -0.2) is 15.0 Å². The summed E-state index contributed by atoms with van der Waals surface area (Å²) in [5.41, 5.74) is 9.66. The van der Waals surface area contributed by atoms with E-state index in [9.17, 15) is 4.79 Å². The van der Waals surface area contributed by atoms with Gasteiger partial charge in [-0.3, -0.25) is 4.79 Å². The molecule has 0 bridgehead atoms. The second-order valence-corrected chi connectivity index (χ2v) is 11.2. The van der Waals surface area contributed by atoms with Crippen LogP contribution in [-0.4, -0.2) is 64.9 Å². The molecule has 0 aliphatic heterocycles. The number of anilines is 1. The third kappa shape index (κ3) is 9.05. The number of alkyl halides is 1. The number of aromatic amines is 2. The first-order valence-corrected chi connectivity index (χ1v) is 15.7. The lowest BCUT2D eigenvalue weighted by molar-refractivity contribution is 0.102.